The standard InChI is InChI=1S/C20H25N5O2/c1-12(2)10-17(26)22-14-4-3-5-15-19(14)20-23-18(27)11-16(25(20)24-15)13-6-8-21-9-7-13/h3-5,11-13,21H,6-10H2,1-2H3,(H,22,26)(H,23,27). The number of hydrogen-bond donors (Lipinski definition) is 3. The first-order valence-corrected chi connectivity index (χ1v) is 9.58. The summed E-state index contributed by atoms with van der Waals surface area (Å²) in [5, 5.41) is 11.9. The zero-order valence-electron chi connectivity index (χ0n) is 15.7. The number of amides is 1. The van der Waals surface area contributed by atoms with Crippen LogP contribution in [0.4, 0.5) is 5.69 Å². The normalized spacial score (nSPS) is 15.7. The second kappa shape index (κ2) is 7.15. The first-order chi connectivity index (χ1) is 13.0. The molecule has 7 heteroatoms. The van der Waals surface area contributed by atoms with Crippen molar-refractivity contribution >= 4 is 28.1 Å². The number of nitrogens with one attached hydrogen (secondary N) is 3. The average molecular weight is 367 g/mol. The van der Waals surface area contributed by atoms with Crippen molar-refractivity contribution in [3.8, 4) is 0 Å². The highest BCUT2D eigenvalue weighted by Crippen LogP contribution is 2.30. The van der Waals surface area contributed by atoms with Gasteiger partial charge in [-0.05, 0) is 44.0 Å². The summed E-state index contributed by atoms with van der Waals surface area (Å²) in [4.78, 5) is 27.6. The SMILES string of the molecule is CC(C)CC(=O)Nc1cccc2nn3c(C4CCNCC4)cc(=O)[nH]c3c12. The number of aromatic amines is 1. The van der Waals surface area contributed by atoms with Gasteiger partial charge in [0, 0.05) is 18.4 Å². The van der Waals surface area contributed by atoms with Crippen molar-refractivity contribution in [1.29, 1.82) is 0 Å². The molecule has 0 atom stereocenters. The van der Waals surface area contributed by atoms with Crippen LogP contribution in [0.3, 0.4) is 0 Å². The molecule has 0 bridgehead atoms. The minimum Gasteiger partial charge on any atom is -0.325 e. The van der Waals surface area contributed by atoms with Crippen LogP contribution in [0.5, 0.6) is 0 Å². The Balaban J connectivity index is 1.85. The number of anilines is 1. The van der Waals surface area contributed by atoms with Crippen molar-refractivity contribution in [2.24, 2.45) is 5.92 Å². The van der Waals surface area contributed by atoms with Crippen LogP contribution in [-0.4, -0.2) is 33.6 Å². The maximum Gasteiger partial charge on any atom is 0.251 e. The Labute approximate surface area is 157 Å². The third kappa shape index (κ3) is 3.47. The zero-order valence-corrected chi connectivity index (χ0v) is 15.7. The lowest BCUT2D eigenvalue weighted by Gasteiger charge is -2.23. The highest BCUT2D eigenvalue weighted by molar-refractivity contribution is 6.07. The number of H-pyrrole nitrogens is 1. The van der Waals surface area contributed by atoms with Crippen LogP contribution < -0.4 is 16.2 Å². The zero-order chi connectivity index (χ0) is 19.0. The Bertz CT molecular complexity index is 1040. The molecule has 3 aromatic rings. The molecule has 1 amide bonds. The topological polar surface area (TPSA) is 91.3 Å². The van der Waals surface area contributed by atoms with E-state index in [2.05, 4.69) is 15.6 Å². The Morgan fingerprint density at radius 2 is 2.11 bits per heavy atom. The molecular formula is C20H25N5O2. The van der Waals surface area contributed by atoms with E-state index in [1.807, 2.05) is 36.6 Å². The summed E-state index contributed by atoms with van der Waals surface area (Å²) in [6.07, 6.45) is 2.41. The first-order valence-electron chi connectivity index (χ1n) is 9.58. The number of benzene rings is 1. The van der Waals surface area contributed by atoms with Gasteiger partial charge >= 0.3 is 0 Å². The molecule has 1 fully saturated rings. The van der Waals surface area contributed by atoms with E-state index in [1.54, 1.807) is 6.07 Å². The molecule has 3 heterocycles. The van der Waals surface area contributed by atoms with Gasteiger partial charge in [-0.1, -0.05) is 19.9 Å². The van der Waals surface area contributed by atoms with Gasteiger partial charge < -0.3 is 15.6 Å². The maximum atomic E-state index is 12.4. The molecule has 0 spiro atoms. The third-order valence-corrected chi connectivity index (χ3v) is 5.09. The number of aromatic nitrogens is 3. The molecule has 0 saturated carbocycles. The number of fused-ring (bicyclic) bond motifs is 3. The highest BCUT2D eigenvalue weighted by atomic mass is 16.1. The Kier molecular flexibility index (Phi) is 4.70. The number of carbonyl (C=O) groups excluding carboxylic acids is 1. The van der Waals surface area contributed by atoms with Gasteiger partial charge in [0.15, 0.2) is 0 Å². The molecule has 0 unspecified atom stereocenters. The molecule has 0 radical (unpaired) electrons. The molecule has 142 valence electrons. The van der Waals surface area contributed by atoms with Gasteiger partial charge in [0.1, 0.15) is 5.65 Å². The molecule has 1 saturated heterocycles. The van der Waals surface area contributed by atoms with Crippen LogP contribution in [0.15, 0.2) is 29.1 Å². The second-order valence-electron chi connectivity index (χ2n) is 7.69. The lowest BCUT2D eigenvalue weighted by atomic mass is 9.94. The Morgan fingerprint density at radius 1 is 1.33 bits per heavy atom. The van der Waals surface area contributed by atoms with E-state index in [0.717, 1.165) is 42.5 Å². The minimum absolute atomic E-state index is 0.0336. The van der Waals surface area contributed by atoms with E-state index in [4.69, 9.17) is 5.10 Å². The lowest BCUT2D eigenvalue weighted by Crippen LogP contribution is -2.28. The van der Waals surface area contributed by atoms with Gasteiger partial charge in [-0.3, -0.25) is 9.59 Å². The molecule has 1 aliphatic heterocycles. The van der Waals surface area contributed by atoms with E-state index in [1.165, 1.54) is 0 Å². The number of rotatable bonds is 4. The van der Waals surface area contributed by atoms with Crippen molar-refractivity contribution < 1.29 is 4.79 Å². The molecule has 2 aromatic heterocycles. The van der Waals surface area contributed by atoms with Crippen molar-refractivity contribution in [1.82, 2.24) is 19.9 Å². The maximum absolute atomic E-state index is 12.4. The summed E-state index contributed by atoms with van der Waals surface area (Å²) in [6.45, 7) is 5.91. The van der Waals surface area contributed by atoms with Gasteiger partial charge in [-0.15, -0.1) is 0 Å². The quantitative estimate of drug-likeness (QED) is 0.661. The average Bonchev–Trinajstić information content (AvgIpc) is 3.00. The van der Waals surface area contributed by atoms with Gasteiger partial charge in [-0.25, -0.2) is 4.52 Å². The van der Waals surface area contributed by atoms with Crippen molar-refractivity contribution in [2.75, 3.05) is 18.4 Å². The van der Waals surface area contributed by atoms with Crippen LogP contribution >= 0.6 is 0 Å². The molecule has 4 rings (SSSR count). The Hall–Kier alpha value is -2.67. The van der Waals surface area contributed by atoms with Gasteiger partial charge in [0.25, 0.3) is 5.56 Å². The molecular weight excluding hydrogens is 342 g/mol. The summed E-state index contributed by atoms with van der Waals surface area (Å²) in [6, 6.07) is 7.30. The summed E-state index contributed by atoms with van der Waals surface area (Å²) in [5.74, 6) is 0.539. The fourth-order valence-corrected chi connectivity index (χ4v) is 3.87. The van der Waals surface area contributed by atoms with Crippen LogP contribution in [0, 0.1) is 5.92 Å². The molecule has 0 aliphatic carbocycles. The minimum atomic E-state index is -0.138. The smallest absolute Gasteiger partial charge is 0.251 e. The van der Waals surface area contributed by atoms with Crippen LogP contribution in [0.1, 0.15) is 44.7 Å². The van der Waals surface area contributed by atoms with Gasteiger partial charge in [0.2, 0.25) is 5.91 Å². The Morgan fingerprint density at radius 3 is 2.85 bits per heavy atom. The van der Waals surface area contributed by atoms with E-state index in [0.29, 0.717) is 23.7 Å². The summed E-state index contributed by atoms with van der Waals surface area (Å²) in [7, 11) is 0. The fourth-order valence-electron chi connectivity index (χ4n) is 3.87. The molecule has 1 aromatic carbocycles. The number of piperidine rings is 1. The van der Waals surface area contributed by atoms with Gasteiger partial charge in [0.05, 0.1) is 22.3 Å². The predicted octanol–water partition coefficient (Wildman–Crippen LogP) is 2.63. The van der Waals surface area contributed by atoms with Crippen LogP contribution in [0.25, 0.3) is 16.6 Å². The predicted molar refractivity (Wildman–Crippen MR) is 106 cm³/mol. The number of hydrogen-bond acceptors (Lipinski definition) is 4. The van der Waals surface area contributed by atoms with E-state index < -0.39 is 0 Å². The lowest BCUT2D eigenvalue weighted by molar-refractivity contribution is -0.116. The monoisotopic (exact) mass is 367 g/mol. The molecule has 7 nitrogen and oxygen atoms in total. The molecule has 1 aliphatic rings. The summed E-state index contributed by atoms with van der Waals surface area (Å²) >= 11 is 0. The summed E-state index contributed by atoms with van der Waals surface area (Å²) in [5.41, 5.74) is 2.89. The van der Waals surface area contributed by atoms with E-state index in [-0.39, 0.29) is 17.4 Å². The number of carbonyl (C=O) groups is 1. The first kappa shape index (κ1) is 17.7. The van der Waals surface area contributed by atoms with Crippen molar-refractivity contribution in [3.63, 3.8) is 0 Å². The largest absolute Gasteiger partial charge is 0.325 e. The van der Waals surface area contributed by atoms with Crippen molar-refractivity contribution in [2.45, 2.75) is 39.0 Å². The fraction of sp³-hybridized carbons (Fsp3) is 0.450. The van der Waals surface area contributed by atoms with Gasteiger partial charge in [-0.2, -0.15) is 5.10 Å². The highest BCUT2D eigenvalue weighted by Gasteiger charge is 2.21. The van der Waals surface area contributed by atoms with E-state index in [9.17, 15) is 9.59 Å². The van der Waals surface area contributed by atoms with Crippen LogP contribution in [-0.2, 0) is 4.79 Å². The number of nitrogens with zero attached hydrogens (tertiary/aromatic N) is 2. The van der Waals surface area contributed by atoms with Crippen molar-refractivity contribution in [3.05, 3.63) is 40.3 Å². The molecule has 27 heavy (non-hydrogen) atoms. The summed E-state index contributed by atoms with van der Waals surface area (Å²) < 4.78 is 1.85. The van der Waals surface area contributed by atoms with Crippen LogP contribution in [0.2, 0.25) is 0 Å². The second-order valence-corrected chi connectivity index (χ2v) is 7.69. The third-order valence-electron chi connectivity index (χ3n) is 5.09. The molecule has 3 N–H and O–H groups in total. The van der Waals surface area contributed by atoms with E-state index >= 15 is 0 Å².